The van der Waals surface area contributed by atoms with Gasteiger partial charge >= 0.3 is 33.9 Å². The number of rotatable bonds is 2. The van der Waals surface area contributed by atoms with E-state index in [9.17, 15) is 0 Å². The maximum atomic E-state index is 7.50. The number of thiophene rings is 1. The monoisotopic (exact) mass is 330 g/mol. The Morgan fingerprint density at radius 3 is 2.05 bits per heavy atom. The summed E-state index contributed by atoms with van der Waals surface area (Å²) < 4.78 is 27.6. The number of hydrogen-bond acceptors (Lipinski definition) is 2. The molecule has 1 heterocycles. The molecule has 0 amide bonds. The van der Waals surface area contributed by atoms with E-state index in [1.54, 1.807) is 18.4 Å². The average Bonchev–Trinajstić information content (AvgIpc) is 3.08. The van der Waals surface area contributed by atoms with Crippen molar-refractivity contribution >= 4 is 11.3 Å². The fourth-order valence-electron chi connectivity index (χ4n) is 1.32. The van der Waals surface area contributed by atoms with Gasteiger partial charge in [0.25, 0.3) is 0 Å². The van der Waals surface area contributed by atoms with E-state index in [-0.39, 0.29) is 17.1 Å². The maximum absolute atomic E-state index is 7.50. The molecule has 6 radical (unpaired) electrons. The van der Waals surface area contributed by atoms with Crippen LogP contribution in [0, 0.1) is 51.2 Å². The summed E-state index contributed by atoms with van der Waals surface area (Å²) in [6, 6.07) is 4.23. The SMILES string of the molecule is CO[C]1[CH][CH][C](c2cccs2)C[CH]1.[C-]#[O+].[C-]#[O+].[C-]#[O+].[Mn]. The molecule has 1 aromatic heterocycles. The Balaban J connectivity index is -0.000000368. The minimum atomic E-state index is 0. The van der Waals surface area contributed by atoms with Crippen molar-refractivity contribution in [2.45, 2.75) is 6.42 Å². The maximum Gasteiger partial charge on any atom is 0 e. The number of ether oxygens (including phenoxy) is 1. The normalized spacial score (nSPS) is 13.8. The van der Waals surface area contributed by atoms with Gasteiger partial charge in [-0.3, -0.25) is 0 Å². The Morgan fingerprint density at radius 2 is 1.70 bits per heavy atom. The van der Waals surface area contributed by atoms with Crippen molar-refractivity contribution in [2.75, 3.05) is 7.11 Å². The van der Waals surface area contributed by atoms with Crippen LogP contribution in [0.15, 0.2) is 17.5 Å². The van der Waals surface area contributed by atoms with E-state index in [0.29, 0.717) is 0 Å². The van der Waals surface area contributed by atoms with Gasteiger partial charge in [-0.1, -0.05) is 6.07 Å². The molecule has 1 aliphatic rings. The first-order valence-corrected chi connectivity index (χ1v) is 5.71. The molecule has 20 heavy (non-hydrogen) atoms. The molecule has 0 N–H and O–H groups in total. The van der Waals surface area contributed by atoms with Crippen LogP contribution in [-0.2, 0) is 35.8 Å². The zero-order valence-electron chi connectivity index (χ0n) is 10.6. The third-order valence-corrected chi connectivity index (χ3v) is 2.99. The standard InChI is InChI=1S/C11H11OS.3CO.Mn/c1-12-10-6-4-9(5-7-10)11-3-2-8-13-11;3*1-2;/h2-4,6-8H,5H2,1H3;;;;. The van der Waals surface area contributed by atoms with Gasteiger partial charge in [-0.25, -0.2) is 0 Å². The fraction of sp³-hybridized carbons (Fsp3) is 0.143. The summed E-state index contributed by atoms with van der Waals surface area (Å²) >= 11 is 1.78. The molecule has 1 saturated carbocycles. The first kappa shape index (κ1) is 24.4. The van der Waals surface area contributed by atoms with Crippen molar-refractivity contribution in [3.63, 3.8) is 0 Å². The minimum Gasteiger partial charge on any atom is 0 e. The van der Waals surface area contributed by atoms with E-state index in [1.807, 2.05) is 6.42 Å². The van der Waals surface area contributed by atoms with Gasteiger partial charge in [0.1, 0.15) is 6.10 Å². The second-order valence-corrected chi connectivity index (χ2v) is 3.80. The third kappa shape index (κ3) is 9.33. The van der Waals surface area contributed by atoms with Crippen molar-refractivity contribution in [3.8, 4) is 0 Å². The largest absolute Gasteiger partial charge is 0 e. The van der Waals surface area contributed by atoms with E-state index in [2.05, 4.69) is 50.3 Å². The molecular weight excluding hydrogens is 319 g/mol. The van der Waals surface area contributed by atoms with Crippen LogP contribution in [-0.4, -0.2) is 7.11 Å². The first-order chi connectivity index (χ1) is 9.40. The summed E-state index contributed by atoms with van der Waals surface area (Å²) in [5.74, 6) is 1.37. The van der Waals surface area contributed by atoms with Crippen LogP contribution < -0.4 is 0 Å². The number of hydrogen-bond donors (Lipinski definition) is 0. The van der Waals surface area contributed by atoms with Gasteiger partial charge in [-0.15, -0.1) is 11.3 Å². The summed E-state index contributed by atoms with van der Waals surface area (Å²) in [5, 5.41) is 2.10. The van der Waals surface area contributed by atoms with Gasteiger partial charge < -0.3 is 4.74 Å². The Bertz CT molecular complexity index is 337. The van der Waals surface area contributed by atoms with Crippen molar-refractivity contribution in [1.82, 2.24) is 0 Å². The van der Waals surface area contributed by atoms with Gasteiger partial charge in [0.2, 0.25) is 0 Å². The molecule has 6 heteroatoms. The van der Waals surface area contributed by atoms with E-state index < -0.39 is 0 Å². The minimum absolute atomic E-state index is 0. The summed E-state index contributed by atoms with van der Waals surface area (Å²) in [6.07, 6.45) is 8.18. The Kier molecular flexibility index (Phi) is 22.5. The summed E-state index contributed by atoms with van der Waals surface area (Å²) in [7, 11) is 1.70. The summed E-state index contributed by atoms with van der Waals surface area (Å²) in [4.78, 5) is 1.35. The average molecular weight is 330 g/mol. The van der Waals surface area contributed by atoms with Gasteiger partial charge in [0, 0.05) is 41.4 Å². The second-order valence-electron chi connectivity index (χ2n) is 2.85. The molecule has 0 bridgehead atoms. The molecule has 1 fully saturated rings. The van der Waals surface area contributed by atoms with Gasteiger partial charge in [-0.05, 0) is 30.7 Å². The molecule has 0 atom stereocenters. The first-order valence-electron chi connectivity index (χ1n) is 4.83. The molecule has 0 unspecified atom stereocenters. The van der Waals surface area contributed by atoms with E-state index in [0.717, 1.165) is 12.5 Å². The molecule has 0 spiro atoms. The smallest absolute Gasteiger partial charge is 0 e. The summed E-state index contributed by atoms with van der Waals surface area (Å²) in [5.41, 5.74) is 0. The number of methoxy groups -OCH3 is 1. The van der Waals surface area contributed by atoms with Gasteiger partial charge in [0.05, 0.1) is 0 Å². The van der Waals surface area contributed by atoms with Crippen LogP contribution in [0.1, 0.15) is 11.3 Å². The Morgan fingerprint density at radius 1 is 1.10 bits per heavy atom. The molecule has 1 aromatic rings. The molecular formula is C14H11MnO4S. The Labute approximate surface area is 134 Å². The topological polar surface area (TPSA) is 68.9 Å². The van der Waals surface area contributed by atoms with Gasteiger partial charge in [-0.2, -0.15) is 0 Å². The van der Waals surface area contributed by atoms with Gasteiger partial charge in [0.15, 0.2) is 0 Å². The zero-order chi connectivity index (χ0) is 15.1. The zero-order valence-corrected chi connectivity index (χ0v) is 12.6. The van der Waals surface area contributed by atoms with E-state index >= 15 is 0 Å². The van der Waals surface area contributed by atoms with Crippen LogP contribution >= 0.6 is 11.3 Å². The van der Waals surface area contributed by atoms with Crippen LogP contribution in [0.4, 0.5) is 0 Å². The molecule has 0 aliphatic heterocycles. The quantitative estimate of drug-likeness (QED) is 0.467. The molecule has 2 rings (SSSR count). The van der Waals surface area contributed by atoms with E-state index in [4.69, 9.17) is 18.7 Å². The van der Waals surface area contributed by atoms with Crippen molar-refractivity contribution in [3.05, 3.63) is 73.6 Å². The van der Waals surface area contributed by atoms with Crippen molar-refractivity contribution < 1.29 is 35.8 Å². The van der Waals surface area contributed by atoms with E-state index in [1.165, 1.54) is 10.8 Å². The van der Waals surface area contributed by atoms with Crippen molar-refractivity contribution in [1.29, 1.82) is 0 Å². The molecule has 0 saturated heterocycles. The molecule has 4 nitrogen and oxygen atoms in total. The molecule has 1 aliphatic carbocycles. The van der Waals surface area contributed by atoms with Crippen LogP contribution in [0.25, 0.3) is 0 Å². The summed E-state index contributed by atoms with van der Waals surface area (Å²) in [6.45, 7) is 13.5. The predicted molar refractivity (Wildman–Crippen MR) is 66.2 cm³/mol. The Hall–Kier alpha value is -0.601. The van der Waals surface area contributed by atoms with Crippen LogP contribution in [0.2, 0.25) is 0 Å². The molecule has 0 aromatic carbocycles. The molecule has 104 valence electrons. The van der Waals surface area contributed by atoms with Crippen LogP contribution in [0.3, 0.4) is 0 Å². The second kappa shape index (κ2) is 18.4. The van der Waals surface area contributed by atoms with Crippen molar-refractivity contribution in [2.24, 2.45) is 0 Å². The predicted octanol–water partition coefficient (Wildman–Crippen LogP) is 2.75. The fourth-order valence-corrected chi connectivity index (χ4v) is 2.09. The van der Waals surface area contributed by atoms with Crippen LogP contribution in [0.5, 0.6) is 0 Å². The third-order valence-electron chi connectivity index (χ3n) is 2.05.